The molecule has 10 nitrogen and oxygen atoms in total. The number of ether oxygens (including phenoxy) is 3. The number of nitrogens with one attached hydrogen (secondary N) is 1. The summed E-state index contributed by atoms with van der Waals surface area (Å²) in [6.07, 6.45) is 9.99. The highest BCUT2D eigenvalue weighted by Gasteiger charge is 2.49. The van der Waals surface area contributed by atoms with Crippen molar-refractivity contribution in [2.24, 2.45) is 17.8 Å². The van der Waals surface area contributed by atoms with Gasteiger partial charge in [0.15, 0.2) is 0 Å². The number of sulfonamides is 1. The highest BCUT2D eigenvalue weighted by molar-refractivity contribution is 7.90. The Kier molecular flexibility index (Phi) is 11.5. The number of hydrogen-bond donors (Lipinski definition) is 1. The molecule has 3 aliphatic heterocycles. The molecule has 0 unspecified atom stereocenters. The number of benzene rings is 2. The number of nitrogens with zero attached hydrogens (tertiary/aromatic N) is 3. The normalized spacial score (nSPS) is 32.5. The number of amides is 1. The molecule has 3 heterocycles. The summed E-state index contributed by atoms with van der Waals surface area (Å²) in [5.41, 5.74) is 2.85. The molecule has 2 aliphatic carbocycles. The molecular formula is C41H57ClN4O6S. The van der Waals surface area contributed by atoms with Gasteiger partial charge in [-0.25, -0.2) is 13.1 Å². The van der Waals surface area contributed by atoms with Crippen molar-refractivity contribution in [3.63, 3.8) is 0 Å². The topological polar surface area (TPSA) is 101 Å². The Morgan fingerprint density at radius 2 is 1.92 bits per heavy atom. The highest BCUT2D eigenvalue weighted by Crippen LogP contribution is 2.49. The largest absolute Gasteiger partial charge is 0.490 e. The van der Waals surface area contributed by atoms with Crippen molar-refractivity contribution in [1.82, 2.24) is 14.5 Å². The summed E-state index contributed by atoms with van der Waals surface area (Å²) in [5, 5.41) is -0.0388. The van der Waals surface area contributed by atoms with Crippen LogP contribution in [0, 0.1) is 17.8 Å². The van der Waals surface area contributed by atoms with Gasteiger partial charge < -0.3 is 24.0 Å². The Morgan fingerprint density at radius 3 is 2.68 bits per heavy atom. The van der Waals surface area contributed by atoms with Gasteiger partial charge in [0.25, 0.3) is 5.91 Å². The molecule has 1 saturated carbocycles. The van der Waals surface area contributed by atoms with E-state index in [1.54, 1.807) is 13.0 Å². The fourth-order valence-corrected chi connectivity index (χ4v) is 10.9. The molecule has 5 aliphatic rings. The summed E-state index contributed by atoms with van der Waals surface area (Å²) in [6.45, 7) is 11.7. The maximum absolute atomic E-state index is 13.6. The van der Waals surface area contributed by atoms with E-state index in [4.69, 9.17) is 25.8 Å². The van der Waals surface area contributed by atoms with Crippen LogP contribution in [0.5, 0.6) is 5.75 Å². The number of allylic oxidation sites excluding steroid dienone is 1. The number of aryl methyl sites for hydroxylation is 1. The lowest BCUT2D eigenvalue weighted by molar-refractivity contribution is -0.0895. The molecule has 1 N–H and O–H groups in total. The van der Waals surface area contributed by atoms with E-state index in [0.717, 1.165) is 95.3 Å². The van der Waals surface area contributed by atoms with Crippen LogP contribution < -0.4 is 14.4 Å². The van der Waals surface area contributed by atoms with Crippen molar-refractivity contribution < 1.29 is 27.4 Å². The van der Waals surface area contributed by atoms with Crippen molar-refractivity contribution in [3.05, 3.63) is 70.3 Å². The first-order valence-corrected chi connectivity index (χ1v) is 21.4. The number of morpholine rings is 1. The zero-order valence-electron chi connectivity index (χ0n) is 31.8. The number of halogens is 1. The van der Waals surface area contributed by atoms with Crippen LogP contribution in [0.2, 0.25) is 5.02 Å². The van der Waals surface area contributed by atoms with E-state index in [1.807, 2.05) is 32.2 Å². The molecule has 2 aromatic rings. The molecule has 1 spiro atoms. The van der Waals surface area contributed by atoms with Crippen LogP contribution in [-0.4, -0.2) is 115 Å². The molecule has 1 saturated heterocycles. The SMILES string of the molecule is CO[C@]1(CN(C)CCN2CCOCC2)/C=C\C[C@H](C)[C@@H](C)S(=O)(=O)NC(=O)c2ccc3c(c2)N(C[C@@H]2CC[C@H]21)C[C@@]1(CCCc2cc(Cl)ccc21)CO3. The third-order valence-corrected chi connectivity index (χ3v) is 15.2. The molecule has 1 amide bonds. The Bertz CT molecular complexity index is 1790. The number of likely N-dealkylation sites (N-methyl/N-ethyl adjacent to an activating group) is 1. The van der Waals surface area contributed by atoms with E-state index < -0.39 is 26.8 Å². The van der Waals surface area contributed by atoms with Gasteiger partial charge in [0.1, 0.15) is 11.4 Å². The van der Waals surface area contributed by atoms with E-state index in [9.17, 15) is 13.2 Å². The third-order valence-electron chi connectivity index (χ3n) is 13.0. The van der Waals surface area contributed by atoms with Gasteiger partial charge in [0.2, 0.25) is 10.0 Å². The van der Waals surface area contributed by atoms with Gasteiger partial charge in [0, 0.05) is 68.9 Å². The summed E-state index contributed by atoms with van der Waals surface area (Å²) in [6, 6.07) is 11.6. The second-order valence-corrected chi connectivity index (χ2v) is 18.9. The van der Waals surface area contributed by atoms with Gasteiger partial charge in [-0.05, 0) is 112 Å². The van der Waals surface area contributed by atoms with E-state index in [1.165, 1.54) is 11.1 Å². The van der Waals surface area contributed by atoms with Gasteiger partial charge in [-0.1, -0.05) is 36.7 Å². The zero-order valence-corrected chi connectivity index (χ0v) is 33.4. The number of fused-ring (bicyclic) bond motifs is 4. The Morgan fingerprint density at radius 1 is 1.11 bits per heavy atom. The zero-order chi connectivity index (χ0) is 37.4. The first kappa shape index (κ1) is 38.6. The summed E-state index contributed by atoms with van der Waals surface area (Å²) in [5.74, 6) is 0.431. The molecule has 0 radical (unpaired) electrons. The van der Waals surface area contributed by atoms with Crippen LogP contribution in [0.25, 0.3) is 0 Å². The van der Waals surface area contributed by atoms with Gasteiger partial charge in [-0.15, -0.1) is 0 Å². The van der Waals surface area contributed by atoms with E-state index in [0.29, 0.717) is 36.8 Å². The lowest BCUT2D eigenvalue weighted by Gasteiger charge is -2.51. The predicted molar refractivity (Wildman–Crippen MR) is 210 cm³/mol. The number of anilines is 1. The quantitative estimate of drug-likeness (QED) is 0.381. The minimum atomic E-state index is -3.96. The van der Waals surface area contributed by atoms with Gasteiger partial charge in [-0.2, -0.15) is 0 Å². The minimum absolute atomic E-state index is 0.226. The average molecular weight is 769 g/mol. The summed E-state index contributed by atoms with van der Waals surface area (Å²) in [7, 11) is 0.0575. The van der Waals surface area contributed by atoms with Gasteiger partial charge in [0.05, 0.1) is 30.8 Å². The minimum Gasteiger partial charge on any atom is -0.490 e. The van der Waals surface area contributed by atoms with Crippen LogP contribution >= 0.6 is 11.6 Å². The number of methoxy groups -OCH3 is 1. The molecule has 6 atom stereocenters. The van der Waals surface area contributed by atoms with Crippen molar-refractivity contribution in [2.75, 3.05) is 84.7 Å². The molecule has 2 bridgehead atoms. The monoisotopic (exact) mass is 768 g/mol. The van der Waals surface area contributed by atoms with Crippen LogP contribution in [0.3, 0.4) is 0 Å². The van der Waals surface area contributed by atoms with E-state index in [-0.39, 0.29) is 17.3 Å². The van der Waals surface area contributed by atoms with Crippen LogP contribution in [0.4, 0.5) is 5.69 Å². The molecular weight excluding hydrogens is 712 g/mol. The molecule has 2 fully saturated rings. The molecule has 53 heavy (non-hydrogen) atoms. The van der Waals surface area contributed by atoms with E-state index in [2.05, 4.69) is 50.8 Å². The first-order chi connectivity index (χ1) is 25.4. The summed E-state index contributed by atoms with van der Waals surface area (Å²) < 4.78 is 48.5. The Hall–Kier alpha value is -2.67. The third kappa shape index (κ3) is 8.03. The molecule has 12 heteroatoms. The molecule has 7 rings (SSSR count). The second-order valence-electron chi connectivity index (χ2n) is 16.4. The standard InChI is InChI=1S/C41H57ClN4O6S/c1-29-7-5-16-41(50-4,27-44(3)17-18-45-19-21-51-22-20-45)36-12-9-33(36)25-46-26-40(15-6-8-31-23-34(42)11-13-35(31)40)28-52-38-14-10-32(24-37(38)46)39(47)43-53(48,49)30(29)2/h5,10-11,13-14,16,23-24,29-30,33,36H,6-9,12,15,17-22,25-28H2,1-4H3,(H,43,47)/b16-5-/t29-,30+,33-,36+,40-,41-/m0/s1. The fourth-order valence-electron chi connectivity index (χ4n) is 9.45. The first-order valence-electron chi connectivity index (χ1n) is 19.5. The van der Waals surface area contributed by atoms with Crippen molar-refractivity contribution in [2.45, 2.75) is 68.6 Å². The van der Waals surface area contributed by atoms with E-state index >= 15 is 0 Å². The fraction of sp³-hybridized carbons (Fsp3) is 0.634. The van der Waals surface area contributed by atoms with Crippen LogP contribution in [0.15, 0.2) is 48.6 Å². The number of rotatable bonds is 6. The van der Waals surface area contributed by atoms with Crippen molar-refractivity contribution in [1.29, 1.82) is 0 Å². The average Bonchev–Trinajstić information content (AvgIpc) is 3.28. The highest BCUT2D eigenvalue weighted by atomic mass is 35.5. The number of carbonyl (C=O) groups excluding carboxylic acids is 1. The Balaban J connectivity index is 1.26. The number of hydrogen-bond acceptors (Lipinski definition) is 9. The van der Waals surface area contributed by atoms with Gasteiger partial charge in [-0.3, -0.25) is 9.69 Å². The summed E-state index contributed by atoms with van der Waals surface area (Å²) in [4.78, 5) is 20.9. The van der Waals surface area contributed by atoms with Crippen molar-refractivity contribution >= 4 is 33.2 Å². The van der Waals surface area contributed by atoms with Crippen molar-refractivity contribution in [3.8, 4) is 5.75 Å². The van der Waals surface area contributed by atoms with Crippen LogP contribution in [0.1, 0.15) is 67.4 Å². The lowest BCUT2D eigenvalue weighted by Crippen LogP contribution is -2.57. The molecule has 0 aromatic heterocycles. The Labute approximate surface area is 321 Å². The van der Waals surface area contributed by atoms with Gasteiger partial charge >= 0.3 is 0 Å². The molecule has 2 aromatic carbocycles. The predicted octanol–water partition coefficient (Wildman–Crippen LogP) is 5.53. The number of carbonyl (C=O) groups is 1. The summed E-state index contributed by atoms with van der Waals surface area (Å²) >= 11 is 6.50. The maximum atomic E-state index is 13.6. The second kappa shape index (κ2) is 15.8. The van der Waals surface area contributed by atoms with Crippen LogP contribution in [-0.2, 0) is 31.3 Å². The maximum Gasteiger partial charge on any atom is 0.264 e. The molecule has 290 valence electrons. The smallest absolute Gasteiger partial charge is 0.264 e. The lowest BCUT2D eigenvalue weighted by atomic mass is 9.63.